The smallest absolute Gasteiger partial charge is 0.411 e. The van der Waals surface area contributed by atoms with Gasteiger partial charge < -0.3 is 49.4 Å². The number of hydrogen-bond donors (Lipinski definition) is 4. The maximum Gasteiger partial charge on any atom is 0.411 e. The van der Waals surface area contributed by atoms with Gasteiger partial charge in [0.2, 0.25) is 18.2 Å². The molecule has 77 heavy (non-hydrogen) atoms. The van der Waals surface area contributed by atoms with Crippen LogP contribution in [0.25, 0.3) is 0 Å². The zero-order chi connectivity index (χ0) is 54.2. The van der Waals surface area contributed by atoms with Crippen molar-refractivity contribution in [2.24, 2.45) is 15.9 Å². The standard InChI is InChI=1S/C58H62N8O11/c1-34(2)53(61-33-67)55(69)62-35(3)54(68)63-41-16-13-36(14-17-41)32-77-58(72)64-42-18-15-38-23-44-29-60-48-27-52(50(74-5)25-46(48)57(71)66(44)31-40(38)21-42)76-20-10-6-9-19-75-51-26-47-45(24-49(51)73-4)56(70)65-30-39-12-8-7-11-37(39)22-43(65)28-59-47/h7-8,11-18,21,24-29,33-35,43-44,53H,6,9-10,19-20,22-23,30-32H2,1-5H3,(H,61,67)(H,62,69)(H,63,68)(H,64,72)/t35-,43-,44-,53-/m0/s1. The first kappa shape index (κ1) is 53.1. The molecular weight excluding hydrogens is 985 g/mol. The van der Waals surface area contributed by atoms with E-state index in [9.17, 15) is 28.8 Å². The van der Waals surface area contributed by atoms with Gasteiger partial charge in [0.1, 0.15) is 18.7 Å². The van der Waals surface area contributed by atoms with Crippen LogP contribution in [-0.2, 0) is 51.7 Å². The number of rotatable bonds is 20. The molecular formula is C58H62N8O11. The van der Waals surface area contributed by atoms with Crippen molar-refractivity contribution in [3.8, 4) is 23.0 Å². The lowest BCUT2D eigenvalue weighted by Gasteiger charge is -2.34. The van der Waals surface area contributed by atoms with Gasteiger partial charge in [-0.25, -0.2) is 4.79 Å². The largest absolute Gasteiger partial charge is 0.493 e. The van der Waals surface area contributed by atoms with Crippen molar-refractivity contribution in [3.63, 3.8) is 0 Å². The third-order valence-electron chi connectivity index (χ3n) is 14.1. The molecule has 0 bridgehead atoms. The molecule has 400 valence electrons. The number of fused-ring (bicyclic) bond motifs is 6. The van der Waals surface area contributed by atoms with Gasteiger partial charge in [0.05, 0.1) is 62.0 Å². The monoisotopic (exact) mass is 1050 g/mol. The van der Waals surface area contributed by atoms with E-state index in [-0.39, 0.29) is 43.0 Å². The molecule has 4 atom stereocenters. The quantitative estimate of drug-likeness (QED) is 0.0433. The number of hydrogen-bond acceptors (Lipinski definition) is 13. The summed E-state index contributed by atoms with van der Waals surface area (Å²) in [5, 5.41) is 10.6. The first-order valence-corrected chi connectivity index (χ1v) is 25.7. The summed E-state index contributed by atoms with van der Waals surface area (Å²) in [5.74, 6) is 0.502. The number of amides is 6. The fourth-order valence-electron chi connectivity index (χ4n) is 9.78. The minimum Gasteiger partial charge on any atom is -0.493 e. The maximum atomic E-state index is 14.2. The normalized spacial score (nSPS) is 16.6. The fourth-order valence-corrected chi connectivity index (χ4v) is 9.78. The summed E-state index contributed by atoms with van der Waals surface area (Å²) in [6, 6.07) is 25.3. The van der Waals surface area contributed by atoms with Crippen LogP contribution in [0, 0.1) is 5.92 Å². The molecule has 9 rings (SSSR count). The Morgan fingerprint density at radius 1 is 0.649 bits per heavy atom. The van der Waals surface area contributed by atoms with Crippen molar-refractivity contribution >= 4 is 71.3 Å². The Morgan fingerprint density at radius 3 is 1.78 bits per heavy atom. The Balaban J connectivity index is 0.731. The van der Waals surface area contributed by atoms with Gasteiger partial charge in [0.15, 0.2) is 23.0 Å². The van der Waals surface area contributed by atoms with Gasteiger partial charge in [0, 0.05) is 49.0 Å². The van der Waals surface area contributed by atoms with Crippen LogP contribution >= 0.6 is 0 Å². The summed E-state index contributed by atoms with van der Waals surface area (Å²) in [7, 11) is 3.09. The highest BCUT2D eigenvalue weighted by molar-refractivity contribution is 6.05. The Bertz CT molecular complexity index is 3120. The van der Waals surface area contributed by atoms with Gasteiger partial charge in [-0.2, -0.15) is 0 Å². The highest BCUT2D eigenvalue weighted by Gasteiger charge is 2.35. The van der Waals surface area contributed by atoms with Gasteiger partial charge in [-0.05, 0) is 109 Å². The van der Waals surface area contributed by atoms with Crippen LogP contribution in [0.15, 0.2) is 101 Å². The van der Waals surface area contributed by atoms with Crippen LogP contribution in [0.5, 0.6) is 23.0 Å². The van der Waals surface area contributed by atoms with Crippen LogP contribution in [0.4, 0.5) is 27.5 Å². The van der Waals surface area contributed by atoms with E-state index in [0.29, 0.717) is 101 Å². The predicted octanol–water partition coefficient (Wildman–Crippen LogP) is 7.86. The van der Waals surface area contributed by atoms with Crippen LogP contribution < -0.4 is 40.2 Å². The predicted molar refractivity (Wildman–Crippen MR) is 289 cm³/mol. The molecule has 4 aliphatic heterocycles. The number of nitrogens with zero attached hydrogens (tertiary/aromatic N) is 4. The number of nitrogens with one attached hydrogen (secondary N) is 4. The van der Waals surface area contributed by atoms with Crippen LogP contribution in [0.1, 0.15) is 88.6 Å². The second-order valence-electron chi connectivity index (χ2n) is 19.6. The minimum absolute atomic E-state index is 0.0429. The molecule has 0 aliphatic carbocycles. The molecule has 19 heteroatoms. The van der Waals surface area contributed by atoms with E-state index in [2.05, 4.69) is 33.4 Å². The molecule has 0 spiro atoms. The third kappa shape index (κ3) is 12.2. The SMILES string of the molecule is COc1cc2c(cc1OCCCCCOc1cc3c(cc1OC)C(=O)N1Cc4cc(NC(=O)OCc5ccc(NC(=O)[C@H](C)NC(=O)[C@@H](NC=O)C(C)C)cc5)ccc4C[C@H]1C=N3)N=C[C@@H]1Cc3ccccc3CN1C2=O. The van der Waals surface area contributed by atoms with E-state index >= 15 is 0 Å². The van der Waals surface area contributed by atoms with Gasteiger partial charge in [-0.1, -0.05) is 56.3 Å². The Morgan fingerprint density at radius 2 is 1.21 bits per heavy atom. The van der Waals surface area contributed by atoms with E-state index in [1.807, 2.05) is 35.4 Å². The van der Waals surface area contributed by atoms with E-state index in [0.717, 1.165) is 36.0 Å². The van der Waals surface area contributed by atoms with Gasteiger partial charge >= 0.3 is 6.09 Å². The van der Waals surface area contributed by atoms with E-state index < -0.39 is 30.0 Å². The van der Waals surface area contributed by atoms with Gasteiger partial charge in [-0.15, -0.1) is 0 Å². The van der Waals surface area contributed by atoms with Crippen LogP contribution in [0.3, 0.4) is 0 Å². The number of ether oxygens (including phenoxy) is 5. The van der Waals surface area contributed by atoms with E-state index in [1.54, 1.807) is 93.6 Å². The Kier molecular flexibility index (Phi) is 16.5. The molecule has 0 fully saturated rings. The molecule has 5 aromatic rings. The summed E-state index contributed by atoms with van der Waals surface area (Å²) >= 11 is 0. The van der Waals surface area contributed by atoms with Gasteiger partial charge in [-0.3, -0.25) is 39.3 Å². The lowest BCUT2D eigenvalue weighted by Crippen LogP contribution is -2.52. The molecule has 5 aromatic carbocycles. The van der Waals surface area contributed by atoms with Crippen molar-refractivity contribution in [2.45, 2.75) is 96.7 Å². The zero-order valence-electron chi connectivity index (χ0n) is 43.6. The van der Waals surface area contributed by atoms with Crippen molar-refractivity contribution in [1.29, 1.82) is 0 Å². The summed E-state index contributed by atoms with van der Waals surface area (Å²) < 4.78 is 29.3. The number of carbonyl (C=O) groups excluding carboxylic acids is 6. The highest BCUT2D eigenvalue weighted by atomic mass is 16.5. The number of methoxy groups -OCH3 is 2. The molecule has 0 saturated heterocycles. The lowest BCUT2D eigenvalue weighted by atomic mass is 9.93. The van der Waals surface area contributed by atoms with Crippen molar-refractivity contribution < 1.29 is 52.5 Å². The fraction of sp³-hybridized carbons (Fsp3) is 0.345. The number of unbranched alkanes of at least 4 members (excludes halogenated alkanes) is 2. The summed E-state index contributed by atoms with van der Waals surface area (Å²) in [5.41, 5.74) is 7.81. The van der Waals surface area contributed by atoms with Crippen molar-refractivity contribution in [1.82, 2.24) is 20.4 Å². The maximum absolute atomic E-state index is 14.2. The number of benzene rings is 5. The molecule has 4 N–H and O–H groups in total. The molecule has 0 radical (unpaired) electrons. The first-order chi connectivity index (χ1) is 37.3. The average molecular weight is 1050 g/mol. The lowest BCUT2D eigenvalue weighted by molar-refractivity contribution is -0.129. The van der Waals surface area contributed by atoms with Crippen molar-refractivity contribution in [2.75, 3.05) is 38.1 Å². The average Bonchev–Trinajstić information content (AvgIpc) is 3.64. The molecule has 4 aliphatic rings. The third-order valence-corrected chi connectivity index (χ3v) is 14.1. The molecule has 0 aromatic heterocycles. The number of anilines is 2. The second-order valence-corrected chi connectivity index (χ2v) is 19.6. The van der Waals surface area contributed by atoms with E-state index in [4.69, 9.17) is 33.7 Å². The van der Waals surface area contributed by atoms with Crippen LogP contribution in [-0.4, -0.2) is 110 Å². The van der Waals surface area contributed by atoms with Gasteiger partial charge in [0.25, 0.3) is 11.8 Å². The molecule has 0 unspecified atom stereocenters. The molecule has 19 nitrogen and oxygen atoms in total. The molecule has 6 amide bonds. The zero-order valence-corrected chi connectivity index (χ0v) is 43.6. The number of carbonyl (C=O) groups is 6. The Labute approximate surface area is 446 Å². The second kappa shape index (κ2) is 23.9. The Hall–Kier alpha value is -8.74. The summed E-state index contributed by atoms with van der Waals surface area (Å²) in [6.07, 6.45) is 6.92. The topological polar surface area (TPSA) is 228 Å². The molecule has 4 heterocycles. The minimum atomic E-state index is -0.868. The summed E-state index contributed by atoms with van der Waals surface area (Å²) in [4.78, 5) is 90.3. The number of aliphatic imine (C=N–C) groups is 2. The molecule has 0 saturated carbocycles. The van der Waals surface area contributed by atoms with Crippen molar-refractivity contribution in [3.05, 3.63) is 130 Å². The van der Waals surface area contributed by atoms with E-state index in [1.165, 1.54) is 12.7 Å². The van der Waals surface area contributed by atoms with Crippen LogP contribution in [0.2, 0.25) is 0 Å². The highest BCUT2D eigenvalue weighted by Crippen LogP contribution is 2.41. The summed E-state index contributed by atoms with van der Waals surface area (Å²) in [6.45, 7) is 6.69. The first-order valence-electron chi connectivity index (χ1n) is 25.7.